The summed E-state index contributed by atoms with van der Waals surface area (Å²) in [6, 6.07) is 14.5. The van der Waals surface area contributed by atoms with Gasteiger partial charge in [-0.2, -0.15) is 4.72 Å². The molecule has 174 valence electrons. The largest absolute Gasteiger partial charge is 0.497 e. The van der Waals surface area contributed by atoms with Gasteiger partial charge in [-0.3, -0.25) is 9.69 Å². The zero-order chi connectivity index (χ0) is 22.8. The van der Waals surface area contributed by atoms with Crippen LogP contribution in [-0.2, 0) is 26.0 Å². The van der Waals surface area contributed by atoms with Gasteiger partial charge in [-0.05, 0) is 49.2 Å². The van der Waals surface area contributed by atoms with E-state index in [4.69, 9.17) is 9.47 Å². The highest BCUT2D eigenvalue weighted by atomic mass is 32.2. The summed E-state index contributed by atoms with van der Waals surface area (Å²) in [5.74, 6) is 0.218. The van der Waals surface area contributed by atoms with E-state index in [9.17, 15) is 13.2 Å². The van der Waals surface area contributed by atoms with Crippen LogP contribution in [0.3, 0.4) is 0 Å². The highest BCUT2D eigenvalue weighted by Gasteiger charge is 2.26. The number of hydrogen-bond acceptors (Lipinski definition) is 6. The fraction of sp³-hybridized carbons (Fsp3) is 0.435. The van der Waals surface area contributed by atoms with Crippen LogP contribution in [0.25, 0.3) is 0 Å². The number of carbonyl (C=O) groups is 1. The predicted molar refractivity (Wildman–Crippen MR) is 122 cm³/mol. The number of morpholine rings is 1. The van der Waals surface area contributed by atoms with Crippen LogP contribution in [0.4, 0.5) is 0 Å². The Kier molecular flexibility index (Phi) is 9.04. The molecule has 1 fully saturated rings. The number of sulfonamides is 1. The van der Waals surface area contributed by atoms with E-state index in [1.165, 1.54) is 19.2 Å². The Labute approximate surface area is 190 Å². The summed E-state index contributed by atoms with van der Waals surface area (Å²) >= 11 is 0. The SMILES string of the molecule is COc1ccc(S(=O)(=O)NC(Cc2ccccc2)C(=O)NCCCN2CCOCC2)cc1. The Morgan fingerprint density at radius 3 is 2.44 bits per heavy atom. The zero-order valence-electron chi connectivity index (χ0n) is 18.3. The molecule has 1 aliphatic rings. The molecule has 2 aromatic rings. The molecule has 0 radical (unpaired) electrons. The lowest BCUT2D eigenvalue weighted by molar-refractivity contribution is -0.122. The van der Waals surface area contributed by atoms with Gasteiger partial charge in [0.2, 0.25) is 15.9 Å². The number of nitrogens with one attached hydrogen (secondary N) is 2. The highest BCUT2D eigenvalue weighted by Crippen LogP contribution is 2.16. The lowest BCUT2D eigenvalue weighted by Crippen LogP contribution is -2.48. The minimum Gasteiger partial charge on any atom is -0.497 e. The molecule has 0 saturated carbocycles. The van der Waals surface area contributed by atoms with Crippen molar-refractivity contribution in [3.8, 4) is 5.75 Å². The first-order valence-electron chi connectivity index (χ1n) is 10.8. The minimum atomic E-state index is -3.89. The minimum absolute atomic E-state index is 0.0801. The second-order valence-electron chi connectivity index (χ2n) is 7.64. The Bertz CT molecular complexity index is 945. The van der Waals surface area contributed by atoms with Gasteiger partial charge < -0.3 is 14.8 Å². The van der Waals surface area contributed by atoms with Gasteiger partial charge in [-0.25, -0.2) is 8.42 Å². The van der Waals surface area contributed by atoms with Crippen LogP contribution in [0.5, 0.6) is 5.75 Å². The van der Waals surface area contributed by atoms with Crippen LogP contribution in [0, 0.1) is 0 Å². The van der Waals surface area contributed by atoms with E-state index in [0.29, 0.717) is 12.3 Å². The van der Waals surface area contributed by atoms with Crippen LogP contribution < -0.4 is 14.8 Å². The van der Waals surface area contributed by atoms with Crippen LogP contribution in [0.1, 0.15) is 12.0 Å². The maximum absolute atomic E-state index is 12.9. The fourth-order valence-electron chi connectivity index (χ4n) is 3.51. The van der Waals surface area contributed by atoms with E-state index in [2.05, 4.69) is 14.9 Å². The molecular formula is C23H31N3O5S. The quantitative estimate of drug-likeness (QED) is 0.492. The number of carbonyl (C=O) groups excluding carboxylic acids is 1. The van der Waals surface area contributed by atoms with Gasteiger partial charge in [0, 0.05) is 19.6 Å². The van der Waals surface area contributed by atoms with Crippen molar-refractivity contribution in [3.05, 3.63) is 60.2 Å². The van der Waals surface area contributed by atoms with Gasteiger partial charge in [-0.15, -0.1) is 0 Å². The smallest absolute Gasteiger partial charge is 0.241 e. The molecule has 9 heteroatoms. The topological polar surface area (TPSA) is 97.0 Å². The average molecular weight is 462 g/mol. The van der Waals surface area contributed by atoms with Gasteiger partial charge in [0.15, 0.2) is 0 Å². The molecule has 2 N–H and O–H groups in total. The number of hydrogen-bond donors (Lipinski definition) is 2. The number of rotatable bonds is 11. The first-order valence-corrected chi connectivity index (χ1v) is 12.2. The third-order valence-corrected chi connectivity index (χ3v) is 6.81. The van der Waals surface area contributed by atoms with E-state index < -0.39 is 16.1 Å². The Hall–Kier alpha value is -2.46. The van der Waals surface area contributed by atoms with Crippen molar-refractivity contribution >= 4 is 15.9 Å². The highest BCUT2D eigenvalue weighted by molar-refractivity contribution is 7.89. The van der Waals surface area contributed by atoms with Gasteiger partial charge in [0.25, 0.3) is 0 Å². The third kappa shape index (κ3) is 7.30. The zero-order valence-corrected chi connectivity index (χ0v) is 19.1. The van der Waals surface area contributed by atoms with Crippen molar-refractivity contribution in [2.24, 2.45) is 0 Å². The maximum Gasteiger partial charge on any atom is 0.241 e. The fourth-order valence-corrected chi connectivity index (χ4v) is 4.71. The molecule has 2 aromatic carbocycles. The summed E-state index contributed by atoms with van der Waals surface area (Å²) in [5, 5.41) is 2.89. The van der Waals surface area contributed by atoms with Crippen molar-refractivity contribution in [1.82, 2.24) is 14.9 Å². The first kappa shape index (κ1) is 24.2. The van der Waals surface area contributed by atoms with Crippen LogP contribution in [-0.4, -0.2) is 71.8 Å². The van der Waals surface area contributed by atoms with Crippen LogP contribution >= 0.6 is 0 Å². The Balaban J connectivity index is 1.63. The molecule has 0 aliphatic carbocycles. The molecule has 32 heavy (non-hydrogen) atoms. The van der Waals surface area contributed by atoms with E-state index in [-0.39, 0.29) is 17.2 Å². The second-order valence-corrected chi connectivity index (χ2v) is 9.35. The average Bonchev–Trinajstić information content (AvgIpc) is 2.82. The van der Waals surface area contributed by atoms with E-state index in [1.807, 2.05) is 30.3 Å². The normalized spacial score (nSPS) is 15.8. The molecule has 1 aliphatic heterocycles. The molecular weight excluding hydrogens is 430 g/mol. The first-order chi connectivity index (χ1) is 15.5. The molecule has 0 spiro atoms. The standard InChI is InChI=1S/C23H31N3O5S/c1-30-20-8-10-21(11-9-20)32(28,29)25-22(18-19-6-3-2-4-7-19)23(27)24-12-5-13-26-14-16-31-17-15-26/h2-4,6-11,22,25H,5,12-18H2,1H3,(H,24,27). The summed E-state index contributed by atoms with van der Waals surface area (Å²) in [5.41, 5.74) is 0.874. The summed E-state index contributed by atoms with van der Waals surface area (Å²) in [6.45, 7) is 4.60. The number of nitrogens with zero attached hydrogens (tertiary/aromatic N) is 1. The number of ether oxygens (including phenoxy) is 2. The second kappa shape index (κ2) is 12.0. The van der Waals surface area contributed by atoms with Crippen LogP contribution in [0.15, 0.2) is 59.5 Å². The lowest BCUT2D eigenvalue weighted by Gasteiger charge is -2.26. The van der Waals surface area contributed by atoms with Crippen molar-refractivity contribution in [2.75, 3.05) is 46.5 Å². The van der Waals surface area contributed by atoms with Gasteiger partial charge in [0.1, 0.15) is 11.8 Å². The van der Waals surface area contributed by atoms with Crippen molar-refractivity contribution in [2.45, 2.75) is 23.8 Å². The number of benzene rings is 2. The molecule has 1 unspecified atom stereocenters. The van der Waals surface area contributed by atoms with Crippen molar-refractivity contribution in [3.63, 3.8) is 0 Å². The molecule has 1 saturated heterocycles. The van der Waals surface area contributed by atoms with Crippen molar-refractivity contribution in [1.29, 1.82) is 0 Å². The third-order valence-electron chi connectivity index (χ3n) is 5.32. The Morgan fingerprint density at radius 1 is 1.09 bits per heavy atom. The lowest BCUT2D eigenvalue weighted by atomic mass is 10.1. The predicted octanol–water partition coefficient (Wildman–Crippen LogP) is 1.42. The van der Waals surface area contributed by atoms with E-state index in [1.54, 1.807) is 12.1 Å². The van der Waals surface area contributed by atoms with Crippen LogP contribution in [0.2, 0.25) is 0 Å². The summed E-state index contributed by atoms with van der Waals surface area (Å²) < 4.78 is 38.9. The number of amides is 1. The molecule has 3 rings (SSSR count). The summed E-state index contributed by atoms with van der Waals surface area (Å²) in [4.78, 5) is 15.3. The summed E-state index contributed by atoms with van der Waals surface area (Å²) in [7, 11) is -2.37. The molecule has 0 bridgehead atoms. The van der Waals surface area contributed by atoms with Gasteiger partial charge in [0.05, 0.1) is 25.2 Å². The molecule has 0 aromatic heterocycles. The van der Waals surface area contributed by atoms with Gasteiger partial charge >= 0.3 is 0 Å². The van der Waals surface area contributed by atoms with E-state index in [0.717, 1.165) is 44.8 Å². The van der Waals surface area contributed by atoms with Gasteiger partial charge in [-0.1, -0.05) is 30.3 Å². The Morgan fingerprint density at radius 2 is 1.78 bits per heavy atom. The molecule has 1 atom stereocenters. The monoisotopic (exact) mass is 461 g/mol. The maximum atomic E-state index is 12.9. The number of methoxy groups -OCH3 is 1. The van der Waals surface area contributed by atoms with Crippen molar-refractivity contribution < 1.29 is 22.7 Å². The molecule has 1 heterocycles. The molecule has 8 nitrogen and oxygen atoms in total. The molecule has 1 amide bonds. The van der Waals surface area contributed by atoms with E-state index >= 15 is 0 Å². The summed E-state index contributed by atoms with van der Waals surface area (Å²) in [6.07, 6.45) is 1.04.